The lowest BCUT2D eigenvalue weighted by atomic mass is 10.0. The van der Waals surface area contributed by atoms with Crippen molar-refractivity contribution in [2.75, 3.05) is 13.2 Å². The van der Waals surface area contributed by atoms with Crippen LogP contribution in [0.2, 0.25) is 0 Å². The molecule has 94 valence electrons. The van der Waals surface area contributed by atoms with Gasteiger partial charge in [0.05, 0.1) is 12.7 Å². The highest BCUT2D eigenvalue weighted by Crippen LogP contribution is 2.24. The molecule has 0 bridgehead atoms. The molecule has 1 aromatic carbocycles. The zero-order valence-corrected chi connectivity index (χ0v) is 10.0. The molecule has 1 aromatic rings. The number of nitrogens with one attached hydrogen (secondary N) is 1. The van der Waals surface area contributed by atoms with Crippen LogP contribution in [0, 0.1) is 17.6 Å². The van der Waals surface area contributed by atoms with Crippen LogP contribution in [0.5, 0.6) is 0 Å². The van der Waals surface area contributed by atoms with Crippen LogP contribution in [0.25, 0.3) is 0 Å². The van der Waals surface area contributed by atoms with Gasteiger partial charge in [0.25, 0.3) is 0 Å². The van der Waals surface area contributed by atoms with E-state index in [0.29, 0.717) is 24.6 Å². The highest BCUT2D eigenvalue weighted by Gasteiger charge is 2.26. The molecule has 2 atom stereocenters. The fourth-order valence-corrected chi connectivity index (χ4v) is 1.99. The van der Waals surface area contributed by atoms with E-state index in [0.717, 1.165) is 12.1 Å². The quantitative estimate of drug-likeness (QED) is 0.859. The summed E-state index contributed by atoms with van der Waals surface area (Å²) in [5.74, 6) is -0.384. The van der Waals surface area contributed by atoms with Gasteiger partial charge < -0.3 is 10.1 Å². The van der Waals surface area contributed by atoms with Gasteiger partial charge in [-0.1, -0.05) is 13.8 Å². The standard InChI is InChI=1S/C13H17F2NO/c1-8(2)12-7-17-13(6-16-12)10-5-9(14)3-4-11(10)15/h3-5,8,12-13,16H,6-7H2,1-2H3. The molecule has 2 rings (SSSR count). The van der Waals surface area contributed by atoms with Gasteiger partial charge in [0, 0.05) is 18.2 Å². The molecule has 1 saturated heterocycles. The van der Waals surface area contributed by atoms with Gasteiger partial charge in [0.15, 0.2) is 0 Å². The zero-order chi connectivity index (χ0) is 12.4. The van der Waals surface area contributed by atoms with Gasteiger partial charge in [-0.15, -0.1) is 0 Å². The highest BCUT2D eigenvalue weighted by atomic mass is 19.1. The Kier molecular flexibility index (Phi) is 3.74. The first-order chi connectivity index (χ1) is 8.08. The minimum Gasteiger partial charge on any atom is -0.370 e. The lowest BCUT2D eigenvalue weighted by Gasteiger charge is -2.32. The predicted molar refractivity (Wildman–Crippen MR) is 61.7 cm³/mol. The second-order valence-electron chi connectivity index (χ2n) is 4.75. The first kappa shape index (κ1) is 12.5. The number of hydrogen-bond acceptors (Lipinski definition) is 2. The molecule has 0 aliphatic carbocycles. The Bertz CT molecular complexity index is 387. The Labute approximate surface area is 100.0 Å². The van der Waals surface area contributed by atoms with Gasteiger partial charge in [-0.05, 0) is 24.1 Å². The van der Waals surface area contributed by atoms with Crippen LogP contribution >= 0.6 is 0 Å². The van der Waals surface area contributed by atoms with Gasteiger partial charge in [-0.2, -0.15) is 0 Å². The molecule has 1 aliphatic rings. The Balaban J connectivity index is 2.07. The molecule has 4 heteroatoms. The summed E-state index contributed by atoms with van der Waals surface area (Å²) < 4.78 is 32.2. The van der Waals surface area contributed by atoms with Crippen molar-refractivity contribution in [3.8, 4) is 0 Å². The van der Waals surface area contributed by atoms with Crippen LogP contribution in [-0.2, 0) is 4.74 Å². The van der Waals surface area contributed by atoms with E-state index in [2.05, 4.69) is 19.2 Å². The van der Waals surface area contributed by atoms with Gasteiger partial charge in [0.1, 0.15) is 11.6 Å². The van der Waals surface area contributed by atoms with E-state index in [1.807, 2.05) is 0 Å². The summed E-state index contributed by atoms with van der Waals surface area (Å²) in [6.45, 7) is 5.25. The summed E-state index contributed by atoms with van der Waals surface area (Å²) in [6.07, 6.45) is -0.402. The lowest BCUT2D eigenvalue weighted by molar-refractivity contribution is -0.00898. The molecule has 0 radical (unpaired) electrons. The molecule has 0 saturated carbocycles. The van der Waals surface area contributed by atoms with Crippen LogP contribution in [0.3, 0.4) is 0 Å². The maximum absolute atomic E-state index is 13.5. The van der Waals surface area contributed by atoms with Crippen LogP contribution in [0.4, 0.5) is 8.78 Å². The molecular weight excluding hydrogens is 224 g/mol. The summed E-state index contributed by atoms with van der Waals surface area (Å²) in [5, 5.41) is 3.30. The van der Waals surface area contributed by atoms with Crippen LogP contribution in [0.15, 0.2) is 18.2 Å². The molecule has 1 N–H and O–H groups in total. The Morgan fingerprint density at radius 3 is 2.71 bits per heavy atom. The molecule has 2 unspecified atom stereocenters. The number of ether oxygens (including phenoxy) is 1. The topological polar surface area (TPSA) is 21.3 Å². The predicted octanol–water partition coefficient (Wildman–Crippen LogP) is 2.65. The van der Waals surface area contributed by atoms with Crippen molar-refractivity contribution < 1.29 is 13.5 Å². The number of hydrogen-bond donors (Lipinski definition) is 1. The first-order valence-electron chi connectivity index (χ1n) is 5.88. The molecule has 1 heterocycles. The highest BCUT2D eigenvalue weighted by molar-refractivity contribution is 5.22. The summed E-state index contributed by atoms with van der Waals surface area (Å²) in [7, 11) is 0. The average molecular weight is 241 g/mol. The Hall–Kier alpha value is -1.00. The Morgan fingerprint density at radius 1 is 1.35 bits per heavy atom. The monoisotopic (exact) mass is 241 g/mol. The third kappa shape index (κ3) is 2.82. The van der Waals surface area contributed by atoms with E-state index in [-0.39, 0.29) is 6.04 Å². The second kappa shape index (κ2) is 5.10. The molecule has 0 spiro atoms. The van der Waals surface area contributed by atoms with E-state index in [1.54, 1.807) is 0 Å². The summed E-state index contributed by atoms with van der Waals surface area (Å²) in [4.78, 5) is 0. The average Bonchev–Trinajstić information content (AvgIpc) is 2.32. The molecule has 17 heavy (non-hydrogen) atoms. The first-order valence-corrected chi connectivity index (χ1v) is 5.88. The summed E-state index contributed by atoms with van der Waals surface area (Å²) in [5.41, 5.74) is 0.291. The van der Waals surface area contributed by atoms with Gasteiger partial charge in [-0.3, -0.25) is 0 Å². The molecule has 1 aliphatic heterocycles. The van der Waals surface area contributed by atoms with Crippen molar-refractivity contribution in [1.29, 1.82) is 0 Å². The molecular formula is C13H17F2NO. The van der Waals surface area contributed by atoms with Crippen molar-refractivity contribution >= 4 is 0 Å². The third-order valence-corrected chi connectivity index (χ3v) is 3.15. The number of benzene rings is 1. The van der Waals surface area contributed by atoms with E-state index < -0.39 is 17.7 Å². The van der Waals surface area contributed by atoms with Crippen LogP contribution in [-0.4, -0.2) is 19.2 Å². The molecule has 1 fully saturated rings. The van der Waals surface area contributed by atoms with Crippen LogP contribution < -0.4 is 5.32 Å². The minimum atomic E-state index is -0.434. The summed E-state index contributed by atoms with van der Waals surface area (Å²) >= 11 is 0. The van der Waals surface area contributed by atoms with E-state index in [4.69, 9.17) is 4.74 Å². The van der Waals surface area contributed by atoms with Crippen molar-refractivity contribution in [2.45, 2.75) is 26.0 Å². The minimum absolute atomic E-state index is 0.280. The fraction of sp³-hybridized carbons (Fsp3) is 0.538. The fourth-order valence-electron chi connectivity index (χ4n) is 1.99. The van der Waals surface area contributed by atoms with Crippen molar-refractivity contribution in [1.82, 2.24) is 5.32 Å². The molecule has 2 nitrogen and oxygen atoms in total. The van der Waals surface area contributed by atoms with Gasteiger partial charge >= 0.3 is 0 Å². The lowest BCUT2D eigenvalue weighted by Crippen LogP contribution is -2.45. The van der Waals surface area contributed by atoms with E-state index >= 15 is 0 Å². The van der Waals surface area contributed by atoms with E-state index in [9.17, 15) is 8.78 Å². The third-order valence-electron chi connectivity index (χ3n) is 3.15. The van der Waals surface area contributed by atoms with E-state index in [1.165, 1.54) is 6.07 Å². The number of morpholine rings is 1. The maximum Gasteiger partial charge on any atom is 0.129 e. The van der Waals surface area contributed by atoms with Gasteiger partial charge in [-0.25, -0.2) is 8.78 Å². The smallest absolute Gasteiger partial charge is 0.129 e. The zero-order valence-electron chi connectivity index (χ0n) is 10.0. The molecule has 0 amide bonds. The molecule has 0 aromatic heterocycles. The van der Waals surface area contributed by atoms with Crippen molar-refractivity contribution in [3.05, 3.63) is 35.4 Å². The SMILES string of the molecule is CC(C)C1COC(c2cc(F)ccc2F)CN1. The van der Waals surface area contributed by atoms with Crippen molar-refractivity contribution in [2.24, 2.45) is 5.92 Å². The second-order valence-corrected chi connectivity index (χ2v) is 4.75. The Morgan fingerprint density at radius 2 is 2.12 bits per heavy atom. The summed E-state index contributed by atoms with van der Waals surface area (Å²) in [6, 6.07) is 3.74. The van der Waals surface area contributed by atoms with Crippen molar-refractivity contribution in [3.63, 3.8) is 0 Å². The van der Waals surface area contributed by atoms with Gasteiger partial charge in [0.2, 0.25) is 0 Å². The number of halogens is 2. The number of rotatable bonds is 2. The largest absolute Gasteiger partial charge is 0.370 e. The maximum atomic E-state index is 13.5. The normalized spacial score (nSPS) is 25.2. The van der Waals surface area contributed by atoms with Crippen LogP contribution in [0.1, 0.15) is 25.5 Å².